The van der Waals surface area contributed by atoms with Crippen LogP contribution in [0.25, 0.3) is 0 Å². The molecule has 0 aliphatic carbocycles. The Balaban J connectivity index is 3.05. The van der Waals surface area contributed by atoms with Gasteiger partial charge in [0.1, 0.15) is 5.69 Å². The number of rotatable bonds is 2. The van der Waals surface area contributed by atoms with E-state index >= 15 is 0 Å². The zero-order chi connectivity index (χ0) is 8.43. The van der Waals surface area contributed by atoms with Crippen LogP contribution in [0.2, 0.25) is 0 Å². The van der Waals surface area contributed by atoms with Gasteiger partial charge in [-0.05, 0) is 11.6 Å². The van der Waals surface area contributed by atoms with E-state index in [4.69, 9.17) is 16.3 Å². The third-order valence-electron chi connectivity index (χ3n) is 1.25. The maximum Gasteiger partial charge on any atom is 0.272 e. The largest absolute Gasteiger partial charge is 0.481 e. The lowest BCUT2D eigenvalue weighted by Gasteiger charge is -1.95. The van der Waals surface area contributed by atoms with E-state index in [9.17, 15) is 4.79 Å². The van der Waals surface area contributed by atoms with Gasteiger partial charge in [0.05, 0.1) is 7.11 Å². The molecular weight excluding hydrogens is 168 g/mol. The molecule has 0 atom stereocenters. The first-order chi connectivity index (χ1) is 5.15. The molecule has 0 bridgehead atoms. The van der Waals surface area contributed by atoms with Crippen molar-refractivity contribution in [3.05, 3.63) is 11.8 Å². The summed E-state index contributed by atoms with van der Waals surface area (Å²) < 4.78 is 6.31. The third kappa shape index (κ3) is 1.51. The van der Waals surface area contributed by atoms with Gasteiger partial charge in [0.2, 0.25) is 5.88 Å². The molecule has 0 aliphatic heterocycles. The Kier molecular flexibility index (Phi) is 2.14. The smallest absolute Gasteiger partial charge is 0.272 e. The zero-order valence-electron chi connectivity index (χ0n) is 6.17. The number of carbonyl (C=O) groups is 1. The summed E-state index contributed by atoms with van der Waals surface area (Å²) in [6.45, 7) is 0. The van der Waals surface area contributed by atoms with Crippen LogP contribution in [0.1, 0.15) is 10.5 Å². The third-order valence-corrected chi connectivity index (χ3v) is 1.44. The monoisotopic (exact) mass is 174 g/mol. The van der Waals surface area contributed by atoms with E-state index in [1.54, 1.807) is 7.05 Å². The molecule has 0 N–H and O–H groups in total. The fourth-order valence-corrected chi connectivity index (χ4v) is 0.830. The van der Waals surface area contributed by atoms with E-state index in [1.807, 2.05) is 0 Å². The van der Waals surface area contributed by atoms with Crippen molar-refractivity contribution in [1.82, 2.24) is 9.78 Å². The molecule has 60 valence electrons. The number of aromatic nitrogens is 2. The first-order valence-corrected chi connectivity index (χ1v) is 3.31. The maximum atomic E-state index is 10.6. The van der Waals surface area contributed by atoms with Gasteiger partial charge in [-0.2, -0.15) is 5.10 Å². The van der Waals surface area contributed by atoms with Gasteiger partial charge < -0.3 is 4.74 Å². The van der Waals surface area contributed by atoms with Gasteiger partial charge >= 0.3 is 0 Å². The predicted molar refractivity (Wildman–Crippen MR) is 39.9 cm³/mol. The van der Waals surface area contributed by atoms with Crippen molar-refractivity contribution in [3.8, 4) is 5.88 Å². The van der Waals surface area contributed by atoms with Gasteiger partial charge in [-0.1, -0.05) is 0 Å². The van der Waals surface area contributed by atoms with Gasteiger partial charge in [0, 0.05) is 13.1 Å². The molecule has 0 fully saturated rings. The topological polar surface area (TPSA) is 44.1 Å². The van der Waals surface area contributed by atoms with Crippen LogP contribution < -0.4 is 4.74 Å². The van der Waals surface area contributed by atoms with E-state index < -0.39 is 5.24 Å². The molecule has 0 unspecified atom stereocenters. The van der Waals surface area contributed by atoms with E-state index in [0.29, 0.717) is 5.88 Å². The second kappa shape index (κ2) is 2.92. The summed E-state index contributed by atoms with van der Waals surface area (Å²) in [6, 6.07) is 1.48. The molecule has 0 amide bonds. The number of halogens is 1. The number of methoxy groups -OCH3 is 1. The average Bonchev–Trinajstić information content (AvgIpc) is 2.31. The van der Waals surface area contributed by atoms with Crippen LogP contribution in [0.15, 0.2) is 6.07 Å². The second-order valence-corrected chi connectivity index (χ2v) is 2.31. The fourth-order valence-electron chi connectivity index (χ4n) is 0.737. The highest BCUT2D eigenvalue weighted by Crippen LogP contribution is 2.12. The van der Waals surface area contributed by atoms with Crippen LogP contribution in [0.3, 0.4) is 0 Å². The molecule has 5 heteroatoms. The average molecular weight is 175 g/mol. The van der Waals surface area contributed by atoms with Gasteiger partial charge in [-0.3, -0.25) is 4.79 Å². The minimum Gasteiger partial charge on any atom is -0.481 e. The SMILES string of the molecule is COc1cc(C(=O)Cl)nn1C. The lowest BCUT2D eigenvalue weighted by Crippen LogP contribution is -1.96. The van der Waals surface area contributed by atoms with Crippen molar-refractivity contribution in [2.75, 3.05) is 7.11 Å². The summed E-state index contributed by atoms with van der Waals surface area (Å²) in [5.41, 5.74) is 0.200. The van der Waals surface area contributed by atoms with E-state index in [-0.39, 0.29) is 5.69 Å². The molecule has 1 rings (SSSR count). The number of hydrogen-bond donors (Lipinski definition) is 0. The summed E-state index contributed by atoms with van der Waals surface area (Å²) in [7, 11) is 3.17. The standard InChI is InChI=1S/C6H7ClN2O2/c1-9-5(11-2)3-4(8-9)6(7)10/h3H,1-2H3. The summed E-state index contributed by atoms with van der Waals surface area (Å²) in [6.07, 6.45) is 0. The van der Waals surface area contributed by atoms with Gasteiger partial charge in [-0.15, -0.1) is 0 Å². The van der Waals surface area contributed by atoms with Crippen molar-refractivity contribution in [3.63, 3.8) is 0 Å². The molecule has 1 heterocycles. The number of ether oxygens (including phenoxy) is 1. The number of aryl methyl sites for hydroxylation is 1. The molecule has 0 aromatic carbocycles. The molecule has 0 radical (unpaired) electrons. The zero-order valence-corrected chi connectivity index (χ0v) is 6.92. The first-order valence-electron chi connectivity index (χ1n) is 2.93. The van der Waals surface area contributed by atoms with Crippen LogP contribution >= 0.6 is 11.6 Å². The van der Waals surface area contributed by atoms with E-state index in [1.165, 1.54) is 17.9 Å². The Bertz CT molecular complexity index is 282. The highest BCUT2D eigenvalue weighted by atomic mass is 35.5. The summed E-state index contributed by atoms with van der Waals surface area (Å²) in [4.78, 5) is 10.6. The van der Waals surface area contributed by atoms with Crippen LogP contribution in [0, 0.1) is 0 Å². The Hall–Kier alpha value is -1.03. The molecule has 4 nitrogen and oxygen atoms in total. The normalized spacial score (nSPS) is 9.73. The summed E-state index contributed by atoms with van der Waals surface area (Å²) in [5.74, 6) is 0.508. The van der Waals surface area contributed by atoms with Crippen LogP contribution in [0.5, 0.6) is 5.88 Å². The van der Waals surface area contributed by atoms with E-state index in [2.05, 4.69) is 5.10 Å². The van der Waals surface area contributed by atoms with Crippen LogP contribution in [0.4, 0.5) is 0 Å². The maximum absolute atomic E-state index is 10.6. The van der Waals surface area contributed by atoms with Crippen LogP contribution in [-0.4, -0.2) is 22.1 Å². The van der Waals surface area contributed by atoms with E-state index in [0.717, 1.165) is 0 Å². The quantitative estimate of drug-likeness (QED) is 0.624. The van der Waals surface area contributed by atoms with Gasteiger partial charge in [0.15, 0.2) is 0 Å². The predicted octanol–water partition coefficient (Wildman–Crippen LogP) is 0.808. The molecule has 0 saturated heterocycles. The Labute approximate surface area is 68.7 Å². The molecule has 0 saturated carbocycles. The second-order valence-electron chi connectivity index (χ2n) is 1.97. The molecule has 0 aliphatic rings. The fraction of sp³-hybridized carbons (Fsp3) is 0.333. The minimum atomic E-state index is -0.580. The van der Waals surface area contributed by atoms with Gasteiger partial charge in [-0.25, -0.2) is 4.68 Å². The lowest BCUT2D eigenvalue weighted by molar-refractivity contribution is 0.107. The molecule has 0 spiro atoms. The first kappa shape index (κ1) is 8.07. The Morgan fingerprint density at radius 3 is 2.73 bits per heavy atom. The van der Waals surface area contributed by atoms with Crippen molar-refractivity contribution in [2.24, 2.45) is 7.05 Å². The van der Waals surface area contributed by atoms with Crippen molar-refractivity contribution in [2.45, 2.75) is 0 Å². The van der Waals surface area contributed by atoms with Crippen molar-refractivity contribution in [1.29, 1.82) is 0 Å². The Morgan fingerprint density at radius 1 is 1.82 bits per heavy atom. The summed E-state index contributed by atoms with van der Waals surface area (Å²) >= 11 is 5.18. The van der Waals surface area contributed by atoms with Crippen molar-refractivity contribution < 1.29 is 9.53 Å². The highest BCUT2D eigenvalue weighted by Gasteiger charge is 2.09. The minimum absolute atomic E-state index is 0.200. The number of hydrogen-bond acceptors (Lipinski definition) is 3. The lowest BCUT2D eigenvalue weighted by atomic mass is 10.5. The molecular formula is C6H7ClN2O2. The highest BCUT2D eigenvalue weighted by molar-refractivity contribution is 6.67. The van der Waals surface area contributed by atoms with Crippen molar-refractivity contribution >= 4 is 16.8 Å². The van der Waals surface area contributed by atoms with Crippen LogP contribution in [-0.2, 0) is 7.05 Å². The Morgan fingerprint density at radius 2 is 2.45 bits per heavy atom. The molecule has 1 aromatic heterocycles. The number of carbonyl (C=O) groups excluding carboxylic acids is 1. The molecule has 1 aromatic rings. The number of nitrogens with zero attached hydrogens (tertiary/aromatic N) is 2. The summed E-state index contributed by atoms with van der Waals surface area (Å²) in [5, 5.41) is 3.21. The van der Waals surface area contributed by atoms with Gasteiger partial charge in [0.25, 0.3) is 5.24 Å². The molecule has 11 heavy (non-hydrogen) atoms.